The number of benzene rings is 1. The number of fused-ring (bicyclic) bond motifs is 1. The maximum Gasteiger partial charge on any atom is 0.257 e. The maximum atomic E-state index is 12.4. The molecule has 0 saturated carbocycles. The molecule has 3 heterocycles. The summed E-state index contributed by atoms with van der Waals surface area (Å²) in [6.07, 6.45) is 1.80. The summed E-state index contributed by atoms with van der Waals surface area (Å²) in [5, 5.41) is 20.3. The van der Waals surface area contributed by atoms with Crippen LogP contribution < -0.4 is 5.32 Å². The molecule has 2 atom stereocenters. The van der Waals surface area contributed by atoms with Crippen LogP contribution in [-0.4, -0.2) is 37.8 Å². The second-order valence-corrected chi connectivity index (χ2v) is 10.8. The van der Waals surface area contributed by atoms with Crippen LogP contribution in [0.15, 0.2) is 34.7 Å². The van der Waals surface area contributed by atoms with Crippen LogP contribution in [0, 0.1) is 5.41 Å². The fourth-order valence-electron chi connectivity index (χ4n) is 4.03. The minimum atomic E-state index is -1.30. The Labute approximate surface area is 186 Å². The van der Waals surface area contributed by atoms with E-state index < -0.39 is 16.9 Å². The lowest BCUT2D eigenvalue weighted by molar-refractivity contribution is 0.424. The number of rotatable bonds is 3. The highest BCUT2D eigenvalue weighted by molar-refractivity contribution is 7.89. The molecule has 2 aliphatic rings. The zero-order chi connectivity index (χ0) is 21.0. The number of nitrogens with zero attached hydrogens (tertiary/aromatic N) is 3. The molecule has 0 radical (unpaired) electrons. The van der Waals surface area contributed by atoms with Crippen molar-refractivity contribution in [1.29, 1.82) is 5.41 Å². The smallest absolute Gasteiger partial charge is 0.257 e. The molecule has 2 N–H and O–H groups in total. The largest absolute Gasteiger partial charge is 0.593 e. The Bertz CT molecular complexity index is 1110. The minimum absolute atomic E-state index is 0.106. The standard InChI is InChI=1S/C20H20ClN5O2S2/c1-20(10-30(27)26(2)19(22)23-20)16-14(21)9-15(29-16)18-25-24-17(28-18)13-7-11-5-3-4-6-12(11)8-13/h3-6,9,13H,7-8,10H2,1-2H3,(H2,22,23)/t20-,30?/m0/s1. The Morgan fingerprint density at radius 1 is 1.33 bits per heavy atom. The number of halogens is 1. The SMILES string of the molecule is CN1C(=N)N[C@](C)(c2sc(-c3nnc(C4Cc5ccccc5C4)o3)cc2Cl)C[S+]1[O-]. The van der Waals surface area contributed by atoms with Crippen LogP contribution in [0.2, 0.25) is 5.02 Å². The lowest BCUT2D eigenvalue weighted by Crippen LogP contribution is -2.60. The lowest BCUT2D eigenvalue weighted by atomic mass is 10.0. The first-order valence-electron chi connectivity index (χ1n) is 9.53. The van der Waals surface area contributed by atoms with Gasteiger partial charge in [0.15, 0.2) is 5.75 Å². The fourth-order valence-corrected chi connectivity index (χ4v) is 6.84. The van der Waals surface area contributed by atoms with Gasteiger partial charge in [-0.2, -0.15) is 4.31 Å². The number of hydrogen-bond donors (Lipinski definition) is 2. The molecule has 0 bridgehead atoms. The topological polar surface area (TPSA) is 101 Å². The second kappa shape index (κ2) is 7.26. The van der Waals surface area contributed by atoms with E-state index in [4.69, 9.17) is 21.4 Å². The molecule has 1 unspecified atom stereocenters. The van der Waals surface area contributed by atoms with E-state index in [1.807, 2.05) is 6.92 Å². The van der Waals surface area contributed by atoms with E-state index in [1.165, 1.54) is 26.8 Å². The average molecular weight is 462 g/mol. The van der Waals surface area contributed by atoms with Crippen molar-refractivity contribution < 1.29 is 8.97 Å². The number of hydrogen-bond acceptors (Lipinski definition) is 6. The zero-order valence-corrected chi connectivity index (χ0v) is 18.8. The summed E-state index contributed by atoms with van der Waals surface area (Å²) in [5.74, 6) is 1.69. The van der Waals surface area contributed by atoms with Gasteiger partial charge in [0.2, 0.25) is 11.9 Å². The van der Waals surface area contributed by atoms with Gasteiger partial charge >= 0.3 is 0 Å². The van der Waals surface area contributed by atoms with Crippen molar-refractivity contribution in [3.8, 4) is 10.8 Å². The maximum absolute atomic E-state index is 12.4. The van der Waals surface area contributed by atoms with E-state index in [-0.39, 0.29) is 11.9 Å². The summed E-state index contributed by atoms with van der Waals surface area (Å²) in [6, 6.07) is 10.2. The Balaban J connectivity index is 1.40. The van der Waals surface area contributed by atoms with Crippen LogP contribution in [-0.2, 0) is 29.7 Å². The van der Waals surface area contributed by atoms with E-state index in [9.17, 15) is 4.55 Å². The minimum Gasteiger partial charge on any atom is -0.593 e. The molecule has 156 valence electrons. The van der Waals surface area contributed by atoms with Gasteiger partial charge in [0.1, 0.15) is 5.54 Å². The summed E-state index contributed by atoms with van der Waals surface area (Å²) < 4.78 is 19.8. The van der Waals surface area contributed by atoms with E-state index in [1.54, 1.807) is 13.1 Å². The van der Waals surface area contributed by atoms with Crippen molar-refractivity contribution in [2.75, 3.05) is 12.8 Å². The number of nitrogens with one attached hydrogen (secondary N) is 2. The molecule has 1 aliphatic heterocycles. The first-order chi connectivity index (χ1) is 14.3. The van der Waals surface area contributed by atoms with Gasteiger partial charge in [0, 0.05) is 5.92 Å². The van der Waals surface area contributed by atoms with Crippen molar-refractivity contribution in [3.05, 3.63) is 57.2 Å². The number of thiophene rings is 1. The van der Waals surface area contributed by atoms with Crippen LogP contribution in [0.3, 0.4) is 0 Å². The molecule has 0 spiro atoms. The normalized spacial score (nSPS) is 24.2. The molecular weight excluding hydrogens is 442 g/mol. The molecule has 2 aromatic heterocycles. The highest BCUT2D eigenvalue weighted by atomic mass is 35.5. The van der Waals surface area contributed by atoms with Gasteiger partial charge in [-0.25, -0.2) is 0 Å². The summed E-state index contributed by atoms with van der Waals surface area (Å²) in [5.41, 5.74) is 1.96. The molecule has 3 aromatic rings. The molecule has 5 rings (SSSR count). The van der Waals surface area contributed by atoms with Crippen molar-refractivity contribution in [3.63, 3.8) is 0 Å². The molecule has 0 amide bonds. The summed E-state index contributed by atoms with van der Waals surface area (Å²) >= 11 is 6.67. The van der Waals surface area contributed by atoms with Crippen LogP contribution in [0.1, 0.15) is 34.7 Å². The molecule has 1 aliphatic carbocycles. The van der Waals surface area contributed by atoms with Gasteiger partial charge in [-0.1, -0.05) is 35.9 Å². The van der Waals surface area contributed by atoms with Gasteiger partial charge in [-0.05, 0) is 37.0 Å². The summed E-state index contributed by atoms with van der Waals surface area (Å²) in [6.45, 7) is 1.91. The van der Waals surface area contributed by atoms with Crippen molar-refractivity contribution in [2.24, 2.45) is 0 Å². The Hall–Kier alpha value is -2.07. The van der Waals surface area contributed by atoms with Crippen molar-refractivity contribution >= 4 is 40.3 Å². The van der Waals surface area contributed by atoms with Gasteiger partial charge < -0.3 is 14.3 Å². The molecule has 10 heteroatoms. The summed E-state index contributed by atoms with van der Waals surface area (Å²) in [4.78, 5) is 1.57. The molecular formula is C20H20ClN5O2S2. The first-order valence-corrected chi connectivity index (χ1v) is 12.0. The summed E-state index contributed by atoms with van der Waals surface area (Å²) in [7, 11) is 1.63. The highest BCUT2D eigenvalue weighted by Crippen LogP contribution is 2.42. The predicted octanol–water partition coefficient (Wildman–Crippen LogP) is 3.68. The van der Waals surface area contributed by atoms with Crippen molar-refractivity contribution in [2.45, 2.75) is 31.2 Å². The van der Waals surface area contributed by atoms with Crippen LogP contribution in [0.25, 0.3) is 10.8 Å². The monoisotopic (exact) mass is 461 g/mol. The Morgan fingerprint density at radius 2 is 2.03 bits per heavy atom. The number of guanidine groups is 1. The second-order valence-electron chi connectivity index (χ2n) is 7.88. The average Bonchev–Trinajstić information content (AvgIpc) is 3.43. The fraction of sp³-hybridized carbons (Fsp3) is 0.350. The van der Waals surface area contributed by atoms with E-state index in [0.29, 0.717) is 22.6 Å². The molecule has 1 aromatic carbocycles. The van der Waals surface area contributed by atoms with Gasteiger partial charge in [-0.3, -0.25) is 5.41 Å². The molecule has 1 fully saturated rings. The van der Waals surface area contributed by atoms with Gasteiger partial charge in [0.25, 0.3) is 5.89 Å². The van der Waals surface area contributed by atoms with Gasteiger partial charge in [-0.15, -0.1) is 21.5 Å². The molecule has 7 nitrogen and oxygen atoms in total. The number of aromatic nitrogens is 2. The van der Waals surface area contributed by atoms with E-state index >= 15 is 0 Å². The third-order valence-corrected chi connectivity index (χ3v) is 9.08. The quantitative estimate of drug-likeness (QED) is 0.577. The Kier molecular flexibility index (Phi) is 4.81. The van der Waals surface area contributed by atoms with E-state index in [2.05, 4.69) is 39.8 Å². The molecule has 1 saturated heterocycles. The van der Waals surface area contributed by atoms with E-state index in [0.717, 1.165) is 22.6 Å². The predicted molar refractivity (Wildman–Crippen MR) is 118 cm³/mol. The van der Waals surface area contributed by atoms with Crippen LogP contribution in [0.5, 0.6) is 0 Å². The molecule has 30 heavy (non-hydrogen) atoms. The highest BCUT2D eigenvalue weighted by Gasteiger charge is 2.44. The first kappa shape index (κ1) is 19.9. The Morgan fingerprint density at radius 3 is 2.70 bits per heavy atom. The third-order valence-electron chi connectivity index (χ3n) is 5.67. The third kappa shape index (κ3) is 3.30. The van der Waals surface area contributed by atoms with Gasteiger partial charge in [0.05, 0.1) is 33.2 Å². The van der Waals surface area contributed by atoms with Crippen LogP contribution in [0.4, 0.5) is 0 Å². The zero-order valence-electron chi connectivity index (χ0n) is 16.4. The van der Waals surface area contributed by atoms with Crippen LogP contribution >= 0.6 is 22.9 Å². The van der Waals surface area contributed by atoms with Crippen molar-refractivity contribution in [1.82, 2.24) is 19.8 Å². The lowest BCUT2D eigenvalue weighted by Gasteiger charge is -2.39.